The Bertz CT molecular complexity index is 1210. The Labute approximate surface area is 189 Å². The van der Waals surface area contributed by atoms with Crippen LogP contribution >= 0.6 is 11.8 Å². The number of pyridine rings is 1. The maximum Gasteiger partial charge on any atom is 0.230 e. The van der Waals surface area contributed by atoms with Gasteiger partial charge in [0.25, 0.3) is 0 Å². The highest BCUT2D eigenvalue weighted by atomic mass is 32.2. The molecule has 1 unspecified atom stereocenters. The molecule has 162 valence electrons. The first-order valence-corrected chi connectivity index (χ1v) is 11.1. The van der Waals surface area contributed by atoms with Gasteiger partial charge < -0.3 is 5.32 Å². The first kappa shape index (κ1) is 21.7. The van der Waals surface area contributed by atoms with E-state index in [1.807, 2.05) is 54.8 Å². The predicted molar refractivity (Wildman–Crippen MR) is 123 cm³/mol. The molecule has 0 aliphatic carbocycles. The summed E-state index contributed by atoms with van der Waals surface area (Å²) >= 11 is 1.32. The van der Waals surface area contributed by atoms with Crippen molar-refractivity contribution in [3.05, 3.63) is 90.0 Å². The van der Waals surface area contributed by atoms with Gasteiger partial charge in [-0.05, 0) is 55.3 Å². The molecule has 2 heterocycles. The standard InChI is InChI=1S/C24H22FN5OS/c1-16-5-3-4-6-21(16)30-23(19-11-13-26-14-12-19)28-29-24(30)32-15-22(31)27-17(2)18-7-9-20(25)10-8-18/h3-14,17H,15H2,1-2H3,(H,27,31). The second-order valence-electron chi connectivity index (χ2n) is 7.29. The number of aryl methyl sites for hydroxylation is 1. The molecule has 2 aromatic heterocycles. The van der Waals surface area contributed by atoms with E-state index in [0.717, 1.165) is 22.4 Å². The monoisotopic (exact) mass is 447 g/mol. The van der Waals surface area contributed by atoms with Crippen LogP contribution in [0.4, 0.5) is 4.39 Å². The van der Waals surface area contributed by atoms with Gasteiger partial charge in [0.05, 0.1) is 17.5 Å². The molecular formula is C24H22FN5OS. The van der Waals surface area contributed by atoms with Crippen molar-refractivity contribution >= 4 is 17.7 Å². The second kappa shape index (κ2) is 9.74. The van der Waals surface area contributed by atoms with Crippen LogP contribution in [0.5, 0.6) is 0 Å². The zero-order chi connectivity index (χ0) is 22.5. The molecule has 0 fully saturated rings. The van der Waals surface area contributed by atoms with Gasteiger partial charge in [0, 0.05) is 18.0 Å². The number of aromatic nitrogens is 4. The Kier molecular flexibility index (Phi) is 6.61. The average Bonchev–Trinajstić information content (AvgIpc) is 3.23. The van der Waals surface area contributed by atoms with E-state index in [-0.39, 0.29) is 23.5 Å². The molecule has 2 aromatic carbocycles. The molecule has 4 rings (SSSR count). The largest absolute Gasteiger partial charge is 0.349 e. The first-order chi connectivity index (χ1) is 15.5. The van der Waals surface area contributed by atoms with Crippen molar-refractivity contribution in [2.24, 2.45) is 0 Å². The molecule has 0 aliphatic heterocycles. The third-order valence-electron chi connectivity index (χ3n) is 5.01. The number of thioether (sulfide) groups is 1. The molecule has 1 atom stereocenters. The Morgan fingerprint density at radius 2 is 1.78 bits per heavy atom. The van der Waals surface area contributed by atoms with Gasteiger partial charge in [0.2, 0.25) is 5.91 Å². The fraction of sp³-hybridized carbons (Fsp3) is 0.167. The van der Waals surface area contributed by atoms with Crippen LogP contribution in [0.1, 0.15) is 24.1 Å². The van der Waals surface area contributed by atoms with Crippen LogP contribution in [0.15, 0.2) is 78.2 Å². The number of carbonyl (C=O) groups excluding carboxylic acids is 1. The van der Waals surface area contributed by atoms with E-state index < -0.39 is 0 Å². The zero-order valence-electron chi connectivity index (χ0n) is 17.7. The number of hydrogen-bond acceptors (Lipinski definition) is 5. The van der Waals surface area contributed by atoms with Crippen molar-refractivity contribution in [3.63, 3.8) is 0 Å². The molecule has 1 amide bonds. The highest BCUT2D eigenvalue weighted by molar-refractivity contribution is 7.99. The third kappa shape index (κ3) is 4.86. The number of benzene rings is 2. The van der Waals surface area contributed by atoms with E-state index in [4.69, 9.17) is 0 Å². The highest BCUT2D eigenvalue weighted by Gasteiger charge is 2.19. The molecule has 0 bridgehead atoms. The smallest absolute Gasteiger partial charge is 0.230 e. The highest BCUT2D eigenvalue weighted by Crippen LogP contribution is 2.29. The van der Waals surface area contributed by atoms with Crippen molar-refractivity contribution < 1.29 is 9.18 Å². The lowest BCUT2D eigenvalue weighted by Gasteiger charge is -2.15. The number of halogens is 1. The van der Waals surface area contributed by atoms with Crippen LogP contribution in [0, 0.1) is 12.7 Å². The summed E-state index contributed by atoms with van der Waals surface area (Å²) in [5.41, 5.74) is 3.75. The number of hydrogen-bond donors (Lipinski definition) is 1. The molecule has 0 saturated carbocycles. The van der Waals surface area contributed by atoms with E-state index in [2.05, 4.69) is 20.5 Å². The van der Waals surface area contributed by atoms with Crippen molar-refractivity contribution in [2.75, 3.05) is 5.75 Å². The van der Waals surface area contributed by atoms with Crippen LogP contribution in [0.3, 0.4) is 0 Å². The molecule has 0 aliphatic rings. The molecule has 0 radical (unpaired) electrons. The van der Waals surface area contributed by atoms with Crippen LogP contribution in [0.2, 0.25) is 0 Å². The van der Waals surface area contributed by atoms with Crippen LogP contribution in [-0.4, -0.2) is 31.4 Å². The lowest BCUT2D eigenvalue weighted by Crippen LogP contribution is -2.28. The molecule has 6 nitrogen and oxygen atoms in total. The minimum absolute atomic E-state index is 0.142. The summed E-state index contributed by atoms with van der Waals surface area (Å²) in [7, 11) is 0. The molecule has 1 N–H and O–H groups in total. The molecular weight excluding hydrogens is 425 g/mol. The SMILES string of the molecule is Cc1ccccc1-n1c(SCC(=O)NC(C)c2ccc(F)cc2)nnc1-c1ccncc1. The van der Waals surface area contributed by atoms with Gasteiger partial charge in [0.15, 0.2) is 11.0 Å². The van der Waals surface area contributed by atoms with Crippen LogP contribution in [-0.2, 0) is 4.79 Å². The molecule has 8 heteroatoms. The fourth-order valence-electron chi connectivity index (χ4n) is 3.33. The van der Waals surface area contributed by atoms with E-state index in [1.165, 1.54) is 23.9 Å². The Balaban J connectivity index is 1.55. The lowest BCUT2D eigenvalue weighted by molar-refractivity contribution is -0.119. The second-order valence-corrected chi connectivity index (χ2v) is 8.24. The molecule has 32 heavy (non-hydrogen) atoms. The van der Waals surface area contributed by atoms with Gasteiger partial charge in [0.1, 0.15) is 5.82 Å². The van der Waals surface area contributed by atoms with Crippen LogP contribution < -0.4 is 5.32 Å². The first-order valence-electron chi connectivity index (χ1n) is 10.1. The van der Waals surface area contributed by atoms with Gasteiger partial charge in [-0.25, -0.2) is 4.39 Å². The minimum atomic E-state index is -0.302. The molecule has 0 spiro atoms. The topological polar surface area (TPSA) is 72.7 Å². The lowest BCUT2D eigenvalue weighted by atomic mass is 10.1. The Hall–Kier alpha value is -3.52. The number of para-hydroxylation sites is 1. The third-order valence-corrected chi connectivity index (χ3v) is 5.94. The maximum atomic E-state index is 13.1. The summed E-state index contributed by atoms with van der Waals surface area (Å²) in [4.78, 5) is 16.7. The number of amides is 1. The van der Waals surface area contributed by atoms with Gasteiger partial charge >= 0.3 is 0 Å². The Morgan fingerprint density at radius 3 is 2.50 bits per heavy atom. The van der Waals surface area contributed by atoms with Crippen molar-refractivity contribution in [1.82, 2.24) is 25.1 Å². The summed E-state index contributed by atoms with van der Waals surface area (Å²) in [6.45, 7) is 3.89. The quantitative estimate of drug-likeness (QED) is 0.414. The number of carbonyl (C=O) groups is 1. The zero-order valence-corrected chi connectivity index (χ0v) is 18.5. The van der Waals surface area contributed by atoms with Gasteiger partial charge in [-0.15, -0.1) is 10.2 Å². The van der Waals surface area contributed by atoms with Gasteiger partial charge in [-0.3, -0.25) is 14.3 Å². The maximum absolute atomic E-state index is 13.1. The van der Waals surface area contributed by atoms with E-state index >= 15 is 0 Å². The fourth-order valence-corrected chi connectivity index (χ4v) is 4.09. The molecule has 0 saturated heterocycles. The van der Waals surface area contributed by atoms with Crippen molar-refractivity contribution in [1.29, 1.82) is 0 Å². The van der Waals surface area contributed by atoms with E-state index in [1.54, 1.807) is 24.5 Å². The minimum Gasteiger partial charge on any atom is -0.349 e. The van der Waals surface area contributed by atoms with Crippen molar-refractivity contribution in [3.8, 4) is 17.1 Å². The summed E-state index contributed by atoms with van der Waals surface area (Å²) in [5.74, 6) is 0.413. The number of rotatable bonds is 7. The summed E-state index contributed by atoms with van der Waals surface area (Å²) in [6.07, 6.45) is 3.42. The van der Waals surface area contributed by atoms with Crippen molar-refractivity contribution in [2.45, 2.75) is 25.0 Å². The number of nitrogens with one attached hydrogen (secondary N) is 1. The van der Waals surface area contributed by atoms with E-state index in [9.17, 15) is 9.18 Å². The molecule has 4 aromatic rings. The number of nitrogens with zero attached hydrogens (tertiary/aromatic N) is 4. The van der Waals surface area contributed by atoms with Gasteiger partial charge in [-0.1, -0.05) is 42.1 Å². The summed E-state index contributed by atoms with van der Waals surface area (Å²) < 4.78 is 15.1. The summed E-state index contributed by atoms with van der Waals surface area (Å²) in [6, 6.07) is 17.6. The average molecular weight is 448 g/mol. The van der Waals surface area contributed by atoms with E-state index in [0.29, 0.717) is 11.0 Å². The normalized spacial score (nSPS) is 11.8. The Morgan fingerprint density at radius 1 is 1.06 bits per heavy atom. The summed E-state index contributed by atoms with van der Waals surface area (Å²) in [5, 5.41) is 12.3. The van der Waals surface area contributed by atoms with Gasteiger partial charge in [-0.2, -0.15) is 0 Å². The predicted octanol–water partition coefficient (Wildman–Crippen LogP) is 4.75. The van der Waals surface area contributed by atoms with Crippen LogP contribution in [0.25, 0.3) is 17.1 Å².